The lowest BCUT2D eigenvalue weighted by atomic mass is 9.99. The summed E-state index contributed by atoms with van der Waals surface area (Å²) in [6.07, 6.45) is 5.80. The number of ether oxygens (including phenoxy) is 4. The molecule has 0 spiro atoms. The van der Waals surface area contributed by atoms with Gasteiger partial charge in [-0.2, -0.15) is 0 Å². The van der Waals surface area contributed by atoms with Crippen molar-refractivity contribution in [2.45, 2.75) is 38.7 Å². The van der Waals surface area contributed by atoms with Crippen LogP contribution in [0.3, 0.4) is 0 Å². The molecule has 1 aromatic carbocycles. The van der Waals surface area contributed by atoms with E-state index in [0.29, 0.717) is 52.5 Å². The summed E-state index contributed by atoms with van der Waals surface area (Å²) in [7, 11) is 4.71. The summed E-state index contributed by atoms with van der Waals surface area (Å²) in [6, 6.07) is 3.63. The van der Waals surface area contributed by atoms with Gasteiger partial charge in [0.2, 0.25) is 5.75 Å². The van der Waals surface area contributed by atoms with Crippen molar-refractivity contribution in [2.75, 3.05) is 52.5 Å². The van der Waals surface area contributed by atoms with E-state index < -0.39 is 0 Å². The maximum atomic E-state index is 13.1. The third kappa shape index (κ3) is 5.19. The van der Waals surface area contributed by atoms with E-state index in [1.807, 2.05) is 12.1 Å². The normalized spacial score (nSPS) is 18.6. The molecule has 2 fully saturated rings. The molecule has 3 heterocycles. The fourth-order valence-electron chi connectivity index (χ4n) is 4.45. The molecule has 4 rings (SSSR count). The number of carbonyl (C=O) groups excluding carboxylic acids is 1. The van der Waals surface area contributed by atoms with Crippen LogP contribution in [0.5, 0.6) is 17.2 Å². The molecule has 2 aliphatic heterocycles. The van der Waals surface area contributed by atoms with E-state index in [2.05, 4.69) is 22.1 Å². The van der Waals surface area contributed by atoms with Crippen LogP contribution in [-0.2, 0) is 4.74 Å². The van der Waals surface area contributed by atoms with Gasteiger partial charge in [0.05, 0.1) is 27.4 Å². The standard InChI is InChI=1S/C25H34N4O5/c1-16-7-9-29(10-8-16)24-19(25(30)27-14-18-6-5-11-34-18)15-26-23(28-24)17-12-20(31-2)22(33-4)21(13-17)32-3/h12-13,15-16,18H,5-11,14H2,1-4H3,(H,27,30). The number of methoxy groups -OCH3 is 3. The van der Waals surface area contributed by atoms with Crippen molar-refractivity contribution < 1.29 is 23.7 Å². The zero-order valence-corrected chi connectivity index (χ0v) is 20.4. The van der Waals surface area contributed by atoms with Crippen molar-refractivity contribution in [3.8, 4) is 28.6 Å². The molecular weight excluding hydrogens is 436 g/mol. The highest BCUT2D eigenvalue weighted by molar-refractivity contribution is 5.99. The molecule has 9 heteroatoms. The van der Waals surface area contributed by atoms with Gasteiger partial charge in [0.25, 0.3) is 5.91 Å². The molecule has 1 unspecified atom stereocenters. The van der Waals surface area contributed by atoms with Crippen molar-refractivity contribution in [1.82, 2.24) is 15.3 Å². The first-order valence-electron chi connectivity index (χ1n) is 11.9. The second-order valence-electron chi connectivity index (χ2n) is 8.86. The predicted molar refractivity (Wildman–Crippen MR) is 129 cm³/mol. The molecule has 0 bridgehead atoms. The van der Waals surface area contributed by atoms with Crippen LogP contribution in [0.1, 0.15) is 43.0 Å². The number of aromatic nitrogens is 2. The molecule has 1 N–H and O–H groups in total. The lowest BCUT2D eigenvalue weighted by molar-refractivity contribution is 0.0857. The lowest BCUT2D eigenvalue weighted by Gasteiger charge is -2.32. The Labute approximate surface area is 200 Å². The Morgan fingerprint density at radius 3 is 2.41 bits per heavy atom. The summed E-state index contributed by atoms with van der Waals surface area (Å²) < 4.78 is 22.1. The van der Waals surface area contributed by atoms with Gasteiger partial charge in [0.15, 0.2) is 17.3 Å². The van der Waals surface area contributed by atoms with Crippen LogP contribution in [0.2, 0.25) is 0 Å². The molecule has 1 aromatic heterocycles. The van der Waals surface area contributed by atoms with Crippen LogP contribution < -0.4 is 24.4 Å². The molecule has 0 radical (unpaired) electrons. The van der Waals surface area contributed by atoms with Gasteiger partial charge >= 0.3 is 0 Å². The first-order valence-corrected chi connectivity index (χ1v) is 11.9. The van der Waals surface area contributed by atoms with E-state index in [1.54, 1.807) is 27.5 Å². The molecule has 0 saturated carbocycles. The van der Waals surface area contributed by atoms with Gasteiger partial charge in [0, 0.05) is 38.0 Å². The fourth-order valence-corrected chi connectivity index (χ4v) is 4.45. The predicted octanol–water partition coefficient (Wildman–Crippen LogP) is 3.31. The number of anilines is 1. The van der Waals surface area contributed by atoms with Crippen LogP contribution in [0, 0.1) is 5.92 Å². The maximum Gasteiger partial charge on any atom is 0.256 e. The van der Waals surface area contributed by atoms with Crippen LogP contribution >= 0.6 is 0 Å². The summed E-state index contributed by atoms with van der Waals surface area (Å²) in [6.45, 7) is 5.19. The van der Waals surface area contributed by atoms with Gasteiger partial charge in [-0.15, -0.1) is 0 Å². The van der Waals surface area contributed by atoms with Crippen LogP contribution in [0.4, 0.5) is 5.82 Å². The van der Waals surface area contributed by atoms with Gasteiger partial charge in [0.1, 0.15) is 11.4 Å². The SMILES string of the molecule is COc1cc(-c2ncc(C(=O)NCC3CCCO3)c(N3CCC(C)CC3)n2)cc(OC)c1OC. The highest BCUT2D eigenvalue weighted by Gasteiger charge is 2.25. The Morgan fingerprint density at radius 2 is 1.82 bits per heavy atom. The van der Waals surface area contributed by atoms with E-state index in [1.165, 1.54) is 0 Å². The molecule has 0 aliphatic carbocycles. The minimum atomic E-state index is -0.180. The first-order chi connectivity index (χ1) is 16.5. The van der Waals surface area contributed by atoms with E-state index in [0.717, 1.165) is 45.4 Å². The lowest BCUT2D eigenvalue weighted by Crippen LogP contribution is -2.37. The number of hydrogen-bond acceptors (Lipinski definition) is 8. The van der Waals surface area contributed by atoms with Crippen LogP contribution in [-0.4, -0.2) is 69.5 Å². The fraction of sp³-hybridized carbons (Fsp3) is 0.560. The molecular formula is C25H34N4O5. The zero-order valence-electron chi connectivity index (χ0n) is 20.4. The number of piperidine rings is 1. The Balaban J connectivity index is 1.68. The number of amides is 1. The Hall–Kier alpha value is -3.07. The van der Waals surface area contributed by atoms with Crippen molar-refractivity contribution in [3.05, 3.63) is 23.9 Å². The zero-order chi connectivity index (χ0) is 24.1. The van der Waals surface area contributed by atoms with E-state index >= 15 is 0 Å². The van der Waals surface area contributed by atoms with Gasteiger partial charge < -0.3 is 29.2 Å². The average Bonchev–Trinajstić information content (AvgIpc) is 3.40. The summed E-state index contributed by atoms with van der Waals surface area (Å²) in [4.78, 5) is 24.7. The van der Waals surface area contributed by atoms with E-state index in [4.69, 9.17) is 23.9 Å². The molecule has 2 saturated heterocycles. The van der Waals surface area contributed by atoms with Gasteiger partial charge in [-0.3, -0.25) is 4.79 Å². The molecule has 1 atom stereocenters. The van der Waals surface area contributed by atoms with Crippen molar-refractivity contribution in [3.63, 3.8) is 0 Å². The monoisotopic (exact) mass is 470 g/mol. The molecule has 34 heavy (non-hydrogen) atoms. The van der Waals surface area contributed by atoms with Gasteiger partial charge in [-0.25, -0.2) is 9.97 Å². The highest BCUT2D eigenvalue weighted by Crippen LogP contribution is 2.41. The average molecular weight is 471 g/mol. The number of carbonyl (C=O) groups is 1. The van der Waals surface area contributed by atoms with Crippen molar-refractivity contribution >= 4 is 11.7 Å². The summed E-state index contributed by atoms with van der Waals surface area (Å²) >= 11 is 0. The number of rotatable bonds is 8. The smallest absolute Gasteiger partial charge is 0.256 e. The molecule has 1 amide bonds. The highest BCUT2D eigenvalue weighted by atomic mass is 16.5. The molecule has 2 aromatic rings. The second-order valence-corrected chi connectivity index (χ2v) is 8.86. The maximum absolute atomic E-state index is 13.1. The third-order valence-corrected chi connectivity index (χ3v) is 6.53. The second kappa shape index (κ2) is 10.9. The summed E-state index contributed by atoms with van der Waals surface area (Å²) in [5, 5.41) is 3.01. The minimum Gasteiger partial charge on any atom is -0.493 e. The summed E-state index contributed by atoms with van der Waals surface area (Å²) in [5.74, 6) is 3.16. The number of nitrogens with one attached hydrogen (secondary N) is 1. The number of nitrogens with zero attached hydrogens (tertiary/aromatic N) is 3. The molecule has 184 valence electrons. The molecule has 2 aliphatic rings. The quantitative estimate of drug-likeness (QED) is 0.628. The molecule has 9 nitrogen and oxygen atoms in total. The van der Waals surface area contributed by atoms with E-state index in [9.17, 15) is 4.79 Å². The number of hydrogen-bond donors (Lipinski definition) is 1. The topological polar surface area (TPSA) is 95.0 Å². The van der Waals surface area contributed by atoms with Crippen LogP contribution in [0.15, 0.2) is 18.3 Å². The third-order valence-electron chi connectivity index (χ3n) is 6.53. The van der Waals surface area contributed by atoms with Crippen LogP contribution in [0.25, 0.3) is 11.4 Å². The first kappa shape index (κ1) is 24.1. The minimum absolute atomic E-state index is 0.0719. The van der Waals surface area contributed by atoms with Crippen molar-refractivity contribution in [1.29, 1.82) is 0 Å². The van der Waals surface area contributed by atoms with Gasteiger partial charge in [-0.05, 0) is 43.7 Å². The summed E-state index contributed by atoms with van der Waals surface area (Å²) in [5.41, 5.74) is 1.19. The van der Waals surface area contributed by atoms with Crippen molar-refractivity contribution in [2.24, 2.45) is 5.92 Å². The Morgan fingerprint density at radius 1 is 1.12 bits per heavy atom. The Bertz CT molecular complexity index is 976. The largest absolute Gasteiger partial charge is 0.493 e. The number of benzene rings is 1. The van der Waals surface area contributed by atoms with Gasteiger partial charge in [-0.1, -0.05) is 6.92 Å². The van der Waals surface area contributed by atoms with E-state index in [-0.39, 0.29) is 12.0 Å². The Kier molecular flexibility index (Phi) is 7.72.